The lowest BCUT2D eigenvalue weighted by molar-refractivity contribution is -0.140. The Kier molecular flexibility index (Phi) is 7.19. The fourth-order valence-electron chi connectivity index (χ4n) is 4.35. The zero-order valence-corrected chi connectivity index (χ0v) is 16.6. The molecule has 2 fully saturated rings. The second-order valence-corrected chi connectivity index (χ2v) is 8.20. The number of carbonyl (C=O) groups excluding carboxylic acids is 1. The van der Waals surface area contributed by atoms with Crippen LogP contribution in [0.15, 0.2) is 36.9 Å². The van der Waals surface area contributed by atoms with Crippen molar-refractivity contribution < 1.29 is 18.3 Å². The molecular weight excluding hydrogens is 372 g/mol. The molecule has 2 aliphatic rings. The number of benzene rings is 1. The number of carbonyl (C=O) groups is 1. The van der Waals surface area contributed by atoms with Crippen molar-refractivity contribution in [1.82, 2.24) is 0 Å². The Balaban J connectivity index is 1.47. The van der Waals surface area contributed by atoms with E-state index in [1.54, 1.807) is 0 Å². The first-order valence-electron chi connectivity index (χ1n) is 10.4. The van der Waals surface area contributed by atoms with Gasteiger partial charge >= 0.3 is 5.97 Å². The Morgan fingerprint density at radius 1 is 0.966 bits per heavy atom. The van der Waals surface area contributed by atoms with Crippen LogP contribution >= 0.6 is 0 Å². The maximum absolute atomic E-state index is 13.7. The molecule has 0 spiro atoms. The molecule has 2 aliphatic carbocycles. The second kappa shape index (κ2) is 9.82. The first-order valence-corrected chi connectivity index (χ1v) is 10.4. The van der Waals surface area contributed by atoms with E-state index in [4.69, 9.17) is 10.00 Å². The molecule has 3 rings (SSSR count). The minimum atomic E-state index is -1.02. The first-order chi connectivity index (χ1) is 14.0. The highest BCUT2D eigenvalue weighted by molar-refractivity contribution is 5.75. The molecule has 154 valence electrons. The summed E-state index contributed by atoms with van der Waals surface area (Å²) in [5.74, 6) is -1.17. The number of nitriles is 1. The molecule has 0 atom stereocenters. The van der Waals surface area contributed by atoms with E-state index in [0.717, 1.165) is 25.0 Å². The summed E-state index contributed by atoms with van der Waals surface area (Å²) in [7, 11) is 0. The minimum Gasteiger partial charge on any atom is -0.426 e. The standard InChI is InChI=1S/C24H27F2NO2/c1-2-16-3-5-17(6-4-16)7-8-18-9-11-19(12-10-18)24(28)29-20-13-22(25)21(15-27)23(26)14-20/h2,7-8,13-14,16-19H,1,3-6,9-12H2/b8-7+. The fraction of sp³-hybridized carbons (Fsp3) is 0.500. The molecule has 1 aromatic rings. The van der Waals surface area contributed by atoms with E-state index in [2.05, 4.69) is 24.8 Å². The van der Waals surface area contributed by atoms with Gasteiger partial charge in [-0.05, 0) is 69.1 Å². The zero-order valence-electron chi connectivity index (χ0n) is 16.6. The van der Waals surface area contributed by atoms with Gasteiger partial charge in [-0.15, -0.1) is 6.58 Å². The van der Waals surface area contributed by atoms with Gasteiger partial charge in [0.15, 0.2) is 0 Å². The van der Waals surface area contributed by atoms with Crippen LogP contribution in [-0.2, 0) is 4.79 Å². The molecular formula is C24H27F2NO2. The number of hydrogen-bond donors (Lipinski definition) is 0. The predicted molar refractivity (Wildman–Crippen MR) is 107 cm³/mol. The van der Waals surface area contributed by atoms with Crippen molar-refractivity contribution in [2.75, 3.05) is 0 Å². The monoisotopic (exact) mass is 399 g/mol. The van der Waals surface area contributed by atoms with Gasteiger partial charge in [0.2, 0.25) is 0 Å². The molecule has 5 heteroatoms. The van der Waals surface area contributed by atoms with Crippen LogP contribution in [0.5, 0.6) is 5.75 Å². The van der Waals surface area contributed by atoms with E-state index >= 15 is 0 Å². The van der Waals surface area contributed by atoms with E-state index in [9.17, 15) is 13.6 Å². The van der Waals surface area contributed by atoms with Crippen molar-refractivity contribution >= 4 is 5.97 Å². The SMILES string of the molecule is C=CC1CCC(/C=C/C2CCC(C(=O)Oc3cc(F)c(C#N)c(F)c3)CC2)CC1. The third-order valence-corrected chi connectivity index (χ3v) is 6.26. The van der Waals surface area contributed by atoms with Gasteiger partial charge in [-0.25, -0.2) is 8.78 Å². The lowest BCUT2D eigenvalue weighted by Crippen LogP contribution is -2.25. The number of nitrogens with zero attached hydrogens (tertiary/aromatic N) is 1. The predicted octanol–water partition coefficient (Wildman–Crippen LogP) is 6.10. The maximum atomic E-state index is 13.7. The van der Waals surface area contributed by atoms with Crippen molar-refractivity contribution in [1.29, 1.82) is 5.26 Å². The van der Waals surface area contributed by atoms with E-state index in [0.29, 0.717) is 30.6 Å². The summed E-state index contributed by atoms with van der Waals surface area (Å²) in [4.78, 5) is 12.4. The molecule has 0 bridgehead atoms. The minimum absolute atomic E-state index is 0.193. The Morgan fingerprint density at radius 2 is 1.45 bits per heavy atom. The lowest BCUT2D eigenvalue weighted by Gasteiger charge is -2.27. The normalized spacial score (nSPS) is 27.3. The van der Waals surface area contributed by atoms with Gasteiger partial charge < -0.3 is 4.74 Å². The molecule has 0 radical (unpaired) electrons. The van der Waals surface area contributed by atoms with Crippen LogP contribution in [0.4, 0.5) is 8.78 Å². The molecule has 3 nitrogen and oxygen atoms in total. The van der Waals surface area contributed by atoms with Crippen LogP contribution in [0, 0.1) is 46.6 Å². The van der Waals surface area contributed by atoms with Gasteiger partial charge in [-0.1, -0.05) is 18.2 Å². The van der Waals surface area contributed by atoms with E-state index in [-0.39, 0.29) is 11.7 Å². The van der Waals surface area contributed by atoms with Crippen molar-refractivity contribution in [3.8, 4) is 11.8 Å². The number of allylic oxidation sites excluding steroid dienone is 3. The third kappa shape index (κ3) is 5.53. The van der Waals surface area contributed by atoms with Gasteiger partial charge in [0.1, 0.15) is 29.0 Å². The smallest absolute Gasteiger partial charge is 0.314 e. The number of halogens is 2. The largest absolute Gasteiger partial charge is 0.426 e. The molecule has 0 saturated heterocycles. The van der Waals surface area contributed by atoms with Gasteiger partial charge in [-0.3, -0.25) is 4.79 Å². The summed E-state index contributed by atoms with van der Waals surface area (Å²) in [6.07, 6.45) is 14.8. The Hall–Kier alpha value is -2.48. The van der Waals surface area contributed by atoms with Crippen LogP contribution in [0.2, 0.25) is 0 Å². The Labute approximate surface area is 171 Å². The molecule has 0 amide bonds. The Morgan fingerprint density at radius 3 is 1.93 bits per heavy atom. The molecule has 29 heavy (non-hydrogen) atoms. The van der Waals surface area contributed by atoms with Crippen molar-refractivity contribution in [2.45, 2.75) is 51.4 Å². The van der Waals surface area contributed by atoms with Crippen molar-refractivity contribution in [3.05, 3.63) is 54.1 Å². The van der Waals surface area contributed by atoms with Crippen LogP contribution < -0.4 is 4.74 Å². The van der Waals surface area contributed by atoms with Gasteiger partial charge in [0.25, 0.3) is 0 Å². The van der Waals surface area contributed by atoms with Gasteiger partial charge in [0.05, 0.1) is 5.92 Å². The van der Waals surface area contributed by atoms with Crippen molar-refractivity contribution in [2.24, 2.45) is 23.7 Å². The summed E-state index contributed by atoms with van der Waals surface area (Å²) in [6, 6.07) is 3.22. The number of ether oxygens (including phenoxy) is 1. The fourth-order valence-corrected chi connectivity index (χ4v) is 4.35. The third-order valence-electron chi connectivity index (χ3n) is 6.26. The number of hydrogen-bond acceptors (Lipinski definition) is 3. The average Bonchev–Trinajstić information content (AvgIpc) is 2.73. The zero-order chi connectivity index (χ0) is 20.8. The molecule has 1 aromatic carbocycles. The highest BCUT2D eigenvalue weighted by Gasteiger charge is 2.27. The van der Waals surface area contributed by atoms with Crippen LogP contribution in [-0.4, -0.2) is 5.97 Å². The van der Waals surface area contributed by atoms with E-state index in [1.165, 1.54) is 31.8 Å². The Bertz CT molecular complexity index is 788. The lowest BCUT2D eigenvalue weighted by atomic mass is 9.79. The molecule has 0 N–H and O–H groups in total. The maximum Gasteiger partial charge on any atom is 0.314 e. The van der Waals surface area contributed by atoms with Crippen LogP contribution in [0.25, 0.3) is 0 Å². The summed E-state index contributed by atoms with van der Waals surface area (Å²) in [5, 5.41) is 8.70. The van der Waals surface area contributed by atoms with E-state index in [1.807, 2.05) is 0 Å². The first kappa shape index (κ1) is 21.2. The summed E-state index contributed by atoms with van der Waals surface area (Å²) in [5.41, 5.74) is -0.671. The molecule has 0 unspecified atom stereocenters. The van der Waals surface area contributed by atoms with Crippen molar-refractivity contribution in [3.63, 3.8) is 0 Å². The quantitative estimate of drug-likeness (QED) is 0.342. The van der Waals surface area contributed by atoms with Crippen LogP contribution in [0.1, 0.15) is 56.9 Å². The average molecular weight is 399 g/mol. The summed E-state index contributed by atoms with van der Waals surface area (Å²) < 4.78 is 32.5. The summed E-state index contributed by atoms with van der Waals surface area (Å²) >= 11 is 0. The molecule has 0 aromatic heterocycles. The highest BCUT2D eigenvalue weighted by Crippen LogP contribution is 2.34. The molecule has 0 aliphatic heterocycles. The van der Waals surface area contributed by atoms with Gasteiger partial charge in [0, 0.05) is 12.1 Å². The number of rotatable bonds is 5. The summed E-state index contributed by atoms with van der Waals surface area (Å²) in [6.45, 7) is 3.89. The number of esters is 1. The van der Waals surface area contributed by atoms with Crippen LogP contribution in [0.3, 0.4) is 0 Å². The topological polar surface area (TPSA) is 50.1 Å². The van der Waals surface area contributed by atoms with E-state index < -0.39 is 23.2 Å². The highest BCUT2D eigenvalue weighted by atomic mass is 19.1. The van der Waals surface area contributed by atoms with Gasteiger partial charge in [-0.2, -0.15) is 5.26 Å². The molecule has 2 saturated carbocycles. The molecule has 0 heterocycles. The second-order valence-electron chi connectivity index (χ2n) is 8.20.